The number of benzene rings is 1. The second-order valence-electron chi connectivity index (χ2n) is 7.98. The second kappa shape index (κ2) is 8.08. The van der Waals surface area contributed by atoms with Crippen molar-refractivity contribution >= 4 is 20.1 Å². The molecule has 0 amide bonds. The average Bonchev–Trinajstić information content (AvgIpc) is 2.54. The van der Waals surface area contributed by atoms with Crippen molar-refractivity contribution in [3.05, 3.63) is 30.3 Å². The van der Waals surface area contributed by atoms with E-state index in [4.69, 9.17) is 9.16 Å². The Morgan fingerprint density at radius 2 is 1.72 bits per heavy atom. The van der Waals surface area contributed by atoms with Crippen LogP contribution in [0.25, 0.3) is 0 Å². The van der Waals surface area contributed by atoms with E-state index in [1.54, 1.807) is 0 Å². The number of aliphatic hydroxyl groups excluding tert-OH is 3. The Labute approximate surface area is 155 Å². The quantitative estimate of drug-likeness (QED) is 0.675. The normalized spacial score (nSPS) is 31.1. The molecule has 0 saturated carbocycles. The number of hydrogen-bond acceptors (Lipinski definition) is 6. The lowest BCUT2D eigenvalue weighted by molar-refractivity contribution is -0.201. The summed E-state index contributed by atoms with van der Waals surface area (Å²) >= 11 is 1.44. The number of rotatable bonds is 5. The SMILES string of the molecule is CC(C)(C)[Si](C)(C)OC1C(Sc2ccccc2)OC(CO)C(O)C1O. The molecule has 0 bridgehead atoms. The van der Waals surface area contributed by atoms with Gasteiger partial charge in [-0.25, -0.2) is 0 Å². The molecule has 5 atom stereocenters. The molecule has 5 nitrogen and oxygen atoms in total. The maximum Gasteiger partial charge on any atom is 0.192 e. The standard InChI is InChI=1S/C18H30O5SSi/c1-18(2,3)25(4,5)23-16-15(21)14(20)13(11-19)22-17(16)24-12-9-7-6-8-10-12/h6-10,13-17,19-21H,11H2,1-5H3. The van der Waals surface area contributed by atoms with Gasteiger partial charge in [0, 0.05) is 4.90 Å². The van der Waals surface area contributed by atoms with Crippen molar-refractivity contribution in [1.29, 1.82) is 0 Å². The predicted molar refractivity (Wildman–Crippen MR) is 102 cm³/mol. The topological polar surface area (TPSA) is 79.2 Å². The van der Waals surface area contributed by atoms with Crippen LogP contribution in [0.3, 0.4) is 0 Å². The highest BCUT2D eigenvalue weighted by Gasteiger charge is 2.49. The van der Waals surface area contributed by atoms with Gasteiger partial charge in [-0.2, -0.15) is 0 Å². The molecule has 1 aromatic carbocycles. The monoisotopic (exact) mass is 386 g/mol. The minimum Gasteiger partial charge on any atom is -0.408 e. The second-order valence-corrected chi connectivity index (χ2v) is 13.9. The highest BCUT2D eigenvalue weighted by Crippen LogP contribution is 2.42. The molecule has 7 heteroatoms. The van der Waals surface area contributed by atoms with E-state index in [9.17, 15) is 15.3 Å². The summed E-state index contributed by atoms with van der Waals surface area (Å²) in [5.41, 5.74) is -0.507. The van der Waals surface area contributed by atoms with E-state index in [-0.39, 0.29) is 11.6 Å². The van der Waals surface area contributed by atoms with E-state index < -0.39 is 38.2 Å². The van der Waals surface area contributed by atoms with Crippen LogP contribution in [-0.4, -0.2) is 60.1 Å². The molecule has 0 aromatic heterocycles. The fraction of sp³-hybridized carbons (Fsp3) is 0.667. The van der Waals surface area contributed by atoms with Gasteiger partial charge in [-0.1, -0.05) is 50.7 Å². The zero-order chi connectivity index (χ0) is 18.8. The third-order valence-electron chi connectivity index (χ3n) is 5.06. The van der Waals surface area contributed by atoms with Crippen LogP contribution in [0.5, 0.6) is 0 Å². The lowest BCUT2D eigenvalue weighted by Crippen LogP contribution is -2.61. The van der Waals surface area contributed by atoms with E-state index >= 15 is 0 Å². The molecule has 1 aliphatic heterocycles. The summed E-state index contributed by atoms with van der Waals surface area (Å²) in [7, 11) is -2.18. The van der Waals surface area contributed by atoms with Gasteiger partial charge in [0.2, 0.25) is 0 Å². The number of ether oxygens (including phenoxy) is 1. The molecular formula is C18H30O5SSi. The average molecular weight is 387 g/mol. The van der Waals surface area contributed by atoms with Gasteiger partial charge in [0.15, 0.2) is 8.32 Å². The maximum atomic E-state index is 10.7. The lowest BCUT2D eigenvalue weighted by Gasteiger charge is -2.47. The molecule has 5 unspecified atom stereocenters. The molecule has 1 saturated heterocycles. The van der Waals surface area contributed by atoms with Crippen LogP contribution in [-0.2, 0) is 9.16 Å². The first kappa shape index (κ1) is 20.9. The molecule has 1 fully saturated rings. The molecule has 1 aromatic rings. The Hall–Kier alpha value is -0.413. The van der Waals surface area contributed by atoms with Crippen molar-refractivity contribution in [2.75, 3.05) is 6.61 Å². The fourth-order valence-corrected chi connectivity index (χ4v) is 4.95. The largest absolute Gasteiger partial charge is 0.408 e. The minimum absolute atomic E-state index is 0.0343. The molecule has 142 valence electrons. The van der Waals surface area contributed by atoms with Crippen LogP contribution in [0.15, 0.2) is 35.2 Å². The molecule has 1 heterocycles. The van der Waals surface area contributed by atoms with E-state index in [1.165, 1.54) is 11.8 Å². The summed E-state index contributed by atoms with van der Waals surface area (Å²) in [6.45, 7) is 10.2. The van der Waals surface area contributed by atoms with Crippen LogP contribution in [0, 0.1) is 0 Å². The van der Waals surface area contributed by atoms with Crippen molar-refractivity contribution in [1.82, 2.24) is 0 Å². The number of thioether (sulfide) groups is 1. The third-order valence-corrected chi connectivity index (χ3v) is 10.7. The van der Waals surface area contributed by atoms with Crippen molar-refractivity contribution < 1.29 is 24.5 Å². The first-order valence-corrected chi connectivity index (χ1v) is 12.4. The molecule has 0 spiro atoms. The van der Waals surface area contributed by atoms with Crippen LogP contribution < -0.4 is 0 Å². The highest BCUT2D eigenvalue weighted by molar-refractivity contribution is 7.99. The van der Waals surface area contributed by atoms with E-state index in [2.05, 4.69) is 33.9 Å². The van der Waals surface area contributed by atoms with Gasteiger partial charge in [-0.15, -0.1) is 0 Å². The van der Waals surface area contributed by atoms with E-state index in [0.29, 0.717) is 0 Å². The summed E-state index contributed by atoms with van der Waals surface area (Å²) in [4.78, 5) is 0.983. The van der Waals surface area contributed by atoms with Crippen molar-refractivity contribution in [3.63, 3.8) is 0 Å². The lowest BCUT2D eigenvalue weighted by atomic mass is 10.0. The Kier molecular flexibility index (Phi) is 6.75. The molecule has 0 aliphatic carbocycles. The predicted octanol–water partition coefficient (Wildman–Crippen LogP) is 2.61. The van der Waals surface area contributed by atoms with E-state index in [0.717, 1.165) is 4.90 Å². The van der Waals surface area contributed by atoms with Gasteiger partial charge in [0.05, 0.1) is 6.61 Å². The van der Waals surface area contributed by atoms with Crippen LogP contribution >= 0.6 is 11.8 Å². The summed E-state index contributed by atoms with van der Waals surface area (Å²) in [6.07, 6.45) is -3.77. The summed E-state index contributed by atoms with van der Waals surface area (Å²) in [6, 6.07) is 9.73. The fourth-order valence-electron chi connectivity index (χ4n) is 2.43. The molecule has 0 radical (unpaired) electrons. The Balaban J connectivity index is 2.27. The van der Waals surface area contributed by atoms with Crippen molar-refractivity contribution in [2.45, 2.75) is 73.7 Å². The zero-order valence-electron chi connectivity index (χ0n) is 15.5. The summed E-state index contributed by atoms with van der Waals surface area (Å²) in [5, 5.41) is 30.4. The Morgan fingerprint density at radius 3 is 2.24 bits per heavy atom. The summed E-state index contributed by atoms with van der Waals surface area (Å²) < 4.78 is 12.3. The van der Waals surface area contributed by atoms with Gasteiger partial charge in [0.1, 0.15) is 29.9 Å². The molecule has 3 N–H and O–H groups in total. The Morgan fingerprint density at radius 1 is 1.12 bits per heavy atom. The van der Waals surface area contributed by atoms with Gasteiger partial charge >= 0.3 is 0 Å². The van der Waals surface area contributed by atoms with Crippen LogP contribution in [0.4, 0.5) is 0 Å². The smallest absolute Gasteiger partial charge is 0.192 e. The zero-order valence-corrected chi connectivity index (χ0v) is 17.4. The molecule has 25 heavy (non-hydrogen) atoms. The summed E-state index contributed by atoms with van der Waals surface area (Å²) in [5.74, 6) is 0. The van der Waals surface area contributed by atoms with Gasteiger partial charge in [-0.3, -0.25) is 0 Å². The number of hydrogen-bond donors (Lipinski definition) is 3. The van der Waals surface area contributed by atoms with E-state index in [1.807, 2.05) is 30.3 Å². The first-order valence-electron chi connectivity index (χ1n) is 8.59. The van der Waals surface area contributed by atoms with Crippen LogP contribution in [0.1, 0.15) is 20.8 Å². The van der Waals surface area contributed by atoms with Crippen LogP contribution in [0.2, 0.25) is 18.1 Å². The Bertz CT molecular complexity index is 548. The van der Waals surface area contributed by atoms with Crippen molar-refractivity contribution in [2.24, 2.45) is 0 Å². The minimum atomic E-state index is -2.18. The molecular weight excluding hydrogens is 356 g/mol. The first-order chi connectivity index (χ1) is 11.6. The van der Waals surface area contributed by atoms with Gasteiger partial charge in [0.25, 0.3) is 0 Å². The molecule has 1 aliphatic rings. The van der Waals surface area contributed by atoms with Crippen molar-refractivity contribution in [3.8, 4) is 0 Å². The van der Waals surface area contributed by atoms with Gasteiger partial charge < -0.3 is 24.5 Å². The molecule has 2 rings (SSSR count). The number of aliphatic hydroxyl groups is 3. The van der Waals surface area contributed by atoms with Gasteiger partial charge in [-0.05, 0) is 30.3 Å². The highest BCUT2D eigenvalue weighted by atomic mass is 32.2. The third kappa shape index (κ3) is 4.85. The maximum absolute atomic E-state index is 10.7.